The van der Waals surface area contributed by atoms with Crippen molar-refractivity contribution in [2.75, 3.05) is 27.2 Å². The molecule has 0 aromatic carbocycles. The third kappa shape index (κ3) is 1.94. The Bertz CT molecular complexity index is 134. The molecule has 1 rings (SSSR count). The van der Waals surface area contributed by atoms with E-state index in [4.69, 9.17) is 4.74 Å². The zero-order valence-electron chi connectivity index (χ0n) is 8.13. The molecule has 1 aliphatic rings. The first kappa shape index (κ1) is 9.01. The van der Waals surface area contributed by atoms with Gasteiger partial charge in [0.15, 0.2) is 0 Å². The number of quaternary nitrogens is 1. The molecule has 1 saturated heterocycles. The highest BCUT2D eigenvalue weighted by Crippen LogP contribution is 2.17. The maximum atomic E-state index is 5.66. The van der Waals surface area contributed by atoms with Crippen LogP contribution in [0.5, 0.6) is 0 Å². The lowest BCUT2D eigenvalue weighted by Crippen LogP contribution is -2.57. The zero-order valence-corrected chi connectivity index (χ0v) is 8.13. The van der Waals surface area contributed by atoms with E-state index in [0.717, 1.165) is 24.1 Å². The second kappa shape index (κ2) is 3.11. The van der Waals surface area contributed by atoms with Crippen LogP contribution in [-0.2, 0) is 4.74 Å². The average molecular weight is 158 g/mol. The number of likely N-dealkylation sites (N-methyl/N-ethyl adjacent to an activating group) is 1. The van der Waals surface area contributed by atoms with Crippen molar-refractivity contribution >= 4 is 0 Å². The molecule has 0 spiro atoms. The van der Waals surface area contributed by atoms with Crippen LogP contribution in [0.15, 0.2) is 0 Å². The molecule has 0 aliphatic carbocycles. The van der Waals surface area contributed by atoms with E-state index in [1.165, 1.54) is 0 Å². The highest BCUT2D eigenvalue weighted by Gasteiger charge is 2.33. The molecule has 1 fully saturated rings. The van der Waals surface area contributed by atoms with Gasteiger partial charge in [-0.05, 0) is 13.3 Å². The molecule has 0 saturated carbocycles. The van der Waals surface area contributed by atoms with Crippen LogP contribution in [0.2, 0.25) is 0 Å². The van der Waals surface area contributed by atoms with Crippen molar-refractivity contribution in [2.24, 2.45) is 0 Å². The summed E-state index contributed by atoms with van der Waals surface area (Å²) in [4.78, 5) is 0. The molecule has 2 unspecified atom stereocenters. The highest BCUT2D eigenvalue weighted by molar-refractivity contribution is 4.63. The van der Waals surface area contributed by atoms with Gasteiger partial charge in [0.25, 0.3) is 0 Å². The Hall–Kier alpha value is -0.0800. The van der Waals surface area contributed by atoms with Gasteiger partial charge >= 0.3 is 0 Å². The van der Waals surface area contributed by atoms with E-state index >= 15 is 0 Å². The van der Waals surface area contributed by atoms with Crippen LogP contribution in [0.3, 0.4) is 0 Å². The molecule has 0 N–H and O–H groups in total. The number of hydrogen-bond acceptors (Lipinski definition) is 1. The minimum absolute atomic E-state index is 0.487. The summed E-state index contributed by atoms with van der Waals surface area (Å²) >= 11 is 0. The van der Waals surface area contributed by atoms with Crippen LogP contribution in [0.1, 0.15) is 20.3 Å². The van der Waals surface area contributed by atoms with E-state index in [1.807, 2.05) is 0 Å². The quantitative estimate of drug-likeness (QED) is 0.522. The van der Waals surface area contributed by atoms with E-state index < -0.39 is 0 Å². The Morgan fingerprint density at radius 1 is 1.45 bits per heavy atom. The summed E-state index contributed by atoms with van der Waals surface area (Å²) in [5, 5.41) is 0. The summed E-state index contributed by atoms with van der Waals surface area (Å²) in [6.07, 6.45) is 1.63. The van der Waals surface area contributed by atoms with Crippen molar-refractivity contribution in [1.29, 1.82) is 0 Å². The molecule has 11 heavy (non-hydrogen) atoms. The Labute approximate surface area is 69.7 Å². The molecule has 0 amide bonds. The normalized spacial score (nSPS) is 37.1. The predicted molar refractivity (Wildman–Crippen MR) is 46.5 cm³/mol. The second-order valence-corrected chi connectivity index (χ2v) is 4.17. The molecule has 0 aromatic rings. The van der Waals surface area contributed by atoms with Gasteiger partial charge in [-0.2, -0.15) is 0 Å². The van der Waals surface area contributed by atoms with E-state index in [1.54, 1.807) is 0 Å². The lowest BCUT2D eigenvalue weighted by molar-refractivity contribution is -0.924. The highest BCUT2D eigenvalue weighted by atomic mass is 16.5. The van der Waals surface area contributed by atoms with Crippen molar-refractivity contribution in [3.05, 3.63) is 0 Å². The summed E-state index contributed by atoms with van der Waals surface area (Å²) in [5.74, 6) is 0. The standard InChI is InChI=1S/C9H20NO/c1-5-9-6-10(3,4)8(2)7-11-9/h8-9H,5-7H2,1-4H3/q+1. The first-order valence-corrected chi connectivity index (χ1v) is 4.50. The molecule has 2 heteroatoms. The van der Waals surface area contributed by atoms with Gasteiger partial charge in [0.1, 0.15) is 18.7 Å². The maximum absolute atomic E-state index is 5.66. The number of nitrogens with zero attached hydrogens (tertiary/aromatic N) is 1. The first-order valence-electron chi connectivity index (χ1n) is 4.50. The number of hydrogen-bond donors (Lipinski definition) is 0. The smallest absolute Gasteiger partial charge is 0.109 e. The van der Waals surface area contributed by atoms with E-state index in [2.05, 4.69) is 27.9 Å². The van der Waals surface area contributed by atoms with Crippen molar-refractivity contribution in [1.82, 2.24) is 0 Å². The first-order chi connectivity index (χ1) is 5.06. The molecule has 0 radical (unpaired) electrons. The summed E-state index contributed by atoms with van der Waals surface area (Å²) < 4.78 is 6.77. The van der Waals surface area contributed by atoms with Gasteiger partial charge in [0.05, 0.1) is 20.7 Å². The lowest BCUT2D eigenvalue weighted by Gasteiger charge is -2.42. The van der Waals surface area contributed by atoms with Crippen LogP contribution in [0, 0.1) is 0 Å². The Morgan fingerprint density at radius 2 is 2.09 bits per heavy atom. The minimum Gasteiger partial charge on any atom is -0.366 e. The third-order valence-electron chi connectivity index (χ3n) is 2.90. The Kier molecular flexibility index (Phi) is 2.55. The molecule has 2 atom stereocenters. The molecule has 0 aromatic heterocycles. The Morgan fingerprint density at radius 3 is 2.55 bits per heavy atom. The predicted octanol–water partition coefficient (Wildman–Crippen LogP) is 1.26. The largest absolute Gasteiger partial charge is 0.366 e. The van der Waals surface area contributed by atoms with E-state index in [9.17, 15) is 0 Å². The van der Waals surface area contributed by atoms with Crippen LogP contribution < -0.4 is 0 Å². The minimum atomic E-state index is 0.487. The monoisotopic (exact) mass is 158 g/mol. The third-order valence-corrected chi connectivity index (χ3v) is 2.90. The molecular formula is C9H20NO+. The van der Waals surface area contributed by atoms with Crippen molar-refractivity contribution in [2.45, 2.75) is 32.4 Å². The van der Waals surface area contributed by atoms with E-state index in [0.29, 0.717) is 12.1 Å². The fourth-order valence-corrected chi connectivity index (χ4v) is 1.48. The second-order valence-electron chi connectivity index (χ2n) is 4.17. The molecule has 2 nitrogen and oxygen atoms in total. The molecule has 1 aliphatic heterocycles. The molecule has 1 heterocycles. The van der Waals surface area contributed by atoms with Crippen molar-refractivity contribution < 1.29 is 9.22 Å². The number of morpholine rings is 1. The summed E-state index contributed by atoms with van der Waals surface area (Å²) in [6.45, 7) is 6.54. The van der Waals surface area contributed by atoms with E-state index in [-0.39, 0.29) is 0 Å². The van der Waals surface area contributed by atoms with Crippen LogP contribution in [-0.4, -0.2) is 43.9 Å². The Balaban J connectivity index is 2.52. The lowest BCUT2D eigenvalue weighted by atomic mass is 10.1. The SMILES string of the molecule is CCC1C[N+](C)(C)C(C)CO1. The van der Waals surface area contributed by atoms with Crippen molar-refractivity contribution in [3.8, 4) is 0 Å². The van der Waals surface area contributed by atoms with Gasteiger partial charge in [-0.15, -0.1) is 0 Å². The topological polar surface area (TPSA) is 9.23 Å². The van der Waals surface area contributed by atoms with Crippen LogP contribution >= 0.6 is 0 Å². The van der Waals surface area contributed by atoms with Crippen LogP contribution in [0.25, 0.3) is 0 Å². The number of ether oxygens (including phenoxy) is 1. The zero-order chi connectivity index (χ0) is 8.48. The van der Waals surface area contributed by atoms with Gasteiger partial charge < -0.3 is 9.22 Å². The average Bonchev–Trinajstić information content (AvgIpc) is 1.95. The summed E-state index contributed by atoms with van der Waals surface area (Å²) in [6, 6.07) is 0.651. The van der Waals surface area contributed by atoms with Crippen molar-refractivity contribution in [3.63, 3.8) is 0 Å². The number of rotatable bonds is 1. The fraction of sp³-hybridized carbons (Fsp3) is 1.00. The van der Waals surface area contributed by atoms with Crippen LogP contribution in [0.4, 0.5) is 0 Å². The molecule has 66 valence electrons. The van der Waals surface area contributed by atoms with Gasteiger partial charge in [0.2, 0.25) is 0 Å². The molecule has 0 bridgehead atoms. The van der Waals surface area contributed by atoms with Gasteiger partial charge in [-0.1, -0.05) is 6.92 Å². The fourth-order valence-electron chi connectivity index (χ4n) is 1.48. The van der Waals surface area contributed by atoms with Gasteiger partial charge in [0, 0.05) is 0 Å². The summed E-state index contributed by atoms with van der Waals surface area (Å²) in [5.41, 5.74) is 0. The molecular weight excluding hydrogens is 138 g/mol. The maximum Gasteiger partial charge on any atom is 0.109 e. The summed E-state index contributed by atoms with van der Waals surface area (Å²) in [7, 11) is 4.58. The van der Waals surface area contributed by atoms with Gasteiger partial charge in [-0.25, -0.2) is 0 Å². The van der Waals surface area contributed by atoms with Gasteiger partial charge in [-0.3, -0.25) is 0 Å².